The largest absolute Gasteiger partial charge is 0.365 e. The number of hydrogen-bond acceptors (Lipinski definition) is 3. The number of amides is 2. The normalized spacial score (nSPS) is 16.8. The van der Waals surface area contributed by atoms with Crippen LogP contribution in [0.3, 0.4) is 0 Å². The van der Waals surface area contributed by atoms with E-state index in [-0.39, 0.29) is 16.7 Å². The summed E-state index contributed by atoms with van der Waals surface area (Å²) in [5, 5.41) is 3.49. The molecule has 1 heterocycles. The highest BCUT2D eigenvalue weighted by atomic mass is 32.1. The van der Waals surface area contributed by atoms with E-state index in [2.05, 4.69) is 59.0 Å². The van der Waals surface area contributed by atoms with E-state index in [4.69, 9.17) is 5.73 Å². The second-order valence-electron chi connectivity index (χ2n) is 10.5. The van der Waals surface area contributed by atoms with Crippen LogP contribution in [-0.2, 0) is 23.1 Å². The Morgan fingerprint density at radius 2 is 1.81 bits per heavy atom. The Hall–Kier alpha value is -2.40. The van der Waals surface area contributed by atoms with Crippen LogP contribution >= 0.6 is 11.3 Å². The average molecular weight is 453 g/mol. The van der Waals surface area contributed by atoms with Gasteiger partial charge in [0.1, 0.15) is 5.00 Å². The molecule has 0 aliphatic heterocycles. The van der Waals surface area contributed by atoms with Gasteiger partial charge in [0.15, 0.2) is 0 Å². The minimum atomic E-state index is -0.465. The van der Waals surface area contributed by atoms with Gasteiger partial charge in [0.25, 0.3) is 5.91 Å². The Labute approximate surface area is 196 Å². The number of hydrogen-bond donors (Lipinski definition) is 2. The van der Waals surface area contributed by atoms with Crippen molar-refractivity contribution < 1.29 is 9.59 Å². The van der Waals surface area contributed by atoms with Gasteiger partial charge in [0, 0.05) is 11.0 Å². The zero-order chi connectivity index (χ0) is 23.7. The van der Waals surface area contributed by atoms with E-state index in [1.165, 1.54) is 27.9 Å². The number of carbonyl (C=O) groups excluding carboxylic acids is 2. The van der Waals surface area contributed by atoms with Gasteiger partial charge in [-0.1, -0.05) is 72.2 Å². The number of primary amides is 1. The van der Waals surface area contributed by atoms with Crippen LogP contribution in [0.15, 0.2) is 30.3 Å². The third-order valence-corrected chi connectivity index (χ3v) is 8.14. The number of nitrogens with one attached hydrogen (secondary N) is 1. The lowest BCUT2D eigenvalue weighted by Gasteiger charge is -2.36. The molecule has 0 bridgehead atoms. The highest BCUT2D eigenvalue weighted by Gasteiger charge is 2.34. The molecule has 1 aromatic heterocycles. The summed E-state index contributed by atoms with van der Waals surface area (Å²) in [7, 11) is 0. The fourth-order valence-electron chi connectivity index (χ4n) is 4.31. The van der Waals surface area contributed by atoms with Crippen LogP contribution in [0.2, 0.25) is 0 Å². The van der Waals surface area contributed by atoms with Crippen molar-refractivity contribution in [2.24, 2.45) is 17.1 Å². The molecule has 3 rings (SSSR count). The molecule has 0 radical (unpaired) electrons. The topological polar surface area (TPSA) is 72.2 Å². The Kier molecular flexibility index (Phi) is 6.99. The van der Waals surface area contributed by atoms with E-state index in [9.17, 15) is 9.59 Å². The average Bonchev–Trinajstić information content (AvgIpc) is 3.09. The van der Waals surface area contributed by atoms with Crippen LogP contribution in [0, 0.1) is 11.3 Å². The van der Waals surface area contributed by atoms with Crippen LogP contribution in [0.5, 0.6) is 0 Å². The summed E-state index contributed by atoms with van der Waals surface area (Å²) >= 11 is 1.51. The summed E-state index contributed by atoms with van der Waals surface area (Å²) < 4.78 is 0. The predicted octanol–water partition coefficient (Wildman–Crippen LogP) is 6.34. The number of carbonyl (C=O) groups is 2. The maximum atomic E-state index is 12.6. The minimum Gasteiger partial charge on any atom is -0.365 e. The monoisotopic (exact) mass is 452 g/mol. The Balaban J connectivity index is 1.76. The standard InChI is InChI=1S/C27H36N2O2S/c1-7-27(5,6)19-13-14-20-21(16-19)32-25(23(20)24(28)31)29-22(30)15-10-17-8-11-18(12-9-17)26(2,3)4/h8-12,15,19H,7,13-14,16H2,1-6H3,(H2,28,31)(H,29,30). The van der Waals surface area contributed by atoms with Crippen molar-refractivity contribution in [1.82, 2.24) is 0 Å². The molecule has 0 spiro atoms. The van der Waals surface area contributed by atoms with Crippen molar-refractivity contribution in [3.63, 3.8) is 0 Å². The van der Waals surface area contributed by atoms with E-state index in [1.54, 1.807) is 6.08 Å². The predicted molar refractivity (Wildman–Crippen MR) is 135 cm³/mol. The lowest BCUT2D eigenvalue weighted by Crippen LogP contribution is -2.29. The number of nitrogens with two attached hydrogens (primary N) is 1. The quantitative estimate of drug-likeness (QED) is 0.502. The van der Waals surface area contributed by atoms with Crippen molar-refractivity contribution in [1.29, 1.82) is 0 Å². The molecule has 1 unspecified atom stereocenters. The number of fused-ring (bicyclic) bond motifs is 1. The van der Waals surface area contributed by atoms with Crippen LogP contribution in [0.4, 0.5) is 5.00 Å². The molecule has 172 valence electrons. The maximum absolute atomic E-state index is 12.6. The summed E-state index contributed by atoms with van der Waals surface area (Å²) in [4.78, 5) is 26.0. The lowest BCUT2D eigenvalue weighted by molar-refractivity contribution is -0.111. The molecule has 2 amide bonds. The summed E-state index contributed by atoms with van der Waals surface area (Å²) in [6.07, 6.45) is 7.24. The maximum Gasteiger partial charge on any atom is 0.251 e. The molecular weight excluding hydrogens is 416 g/mol. The first-order valence-corrected chi connectivity index (χ1v) is 12.3. The van der Waals surface area contributed by atoms with Gasteiger partial charge in [-0.05, 0) is 58.8 Å². The van der Waals surface area contributed by atoms with Gasteiger partial charge in [-0.25, -0.2) is 0 Å². The molecule has 0 saturated heterocycles. The minimum absolute atomic E-state index is 0.0917. The van der Waals surface area contributed by atoms with Gasteiger partial charge in [-0.15, -0.1) is 11.3 Å². The van der Waals surface area contributed by atoms with Crippen molar-refractivity contribution in [3.8, 4) is 0 Å². The first-order valence-electron chi connectivity index (χ1n) is 11.5. The van der Waals surface area contributed by atoms with E-state index in [0.717, 1.165) is 36.8 Å². The third kappa shape index (κ3) is 5.32. The van der Waals surface area contributed by atoms with Crippen molar-refractivity contribution >= 4 is 34.2 Å². The van der Waals surface area contributed by atoms with Gasteiger partial charge in [0.2, 0.25) is 5.91 Å². The second-order valence-corrected chi connectivity index (χ2v) is 11.7. The lowest BCUT2D eigenvalue weighted by atomic mass is 9.69. The van der Waals surface area contributed by atoms with Gasteiger partial charge in [0.05, 0.1) is 5.56 Å². The first-order chi connectivity index (χ1) is 14.9. The van der Waals surface area contributed by atoms with Gasteiger partial charge >= 0.3 is 0 Å². The number of rotatable bonds is 6. The molecule has 4 nitrogen and oxygen atoms in total. The molecule has 1 atom stereocenters. The van der Waals surface area contributed by atoms with E-state index < -0.39 is 5.91 Å². The summed E-state index contributed by atoms with van der Waals surface area (Å²) in [5.74, 6) is -0.150. The van der Waals surface area contributed by atoms with Crippen LogP contribution in [-0.4, -0.2) is 11.8 Å². The number of benzene rings is 1. The molecule has 2 aromatic rings. The summed E-state index contributed by atoms with van der Waals surface area (Å²) in [6.45, 7) is 13.4. The van der Waals surface area contributed by atoms with Gasteiger partial charge in [-0.3, -0.25) is 9.59 Å². The number of thiophene rings is 1. The first kappa shape index (κ1) is 24.2. The van der Waals surface area contributed by atoms with E-state index in [1.807, 2.05) is 12.1 Å². The number of anilines is 1. The zero-order valence-corrected chi connectivity index (χ0v) is 21.0. The van der Waals surface area contributed by atoms with Gasteiger partial charge in [-0.2, -0.15) is 0 Å². The van der Waals surface area contributed by atoms with Gasteiger partial charge < -0.3 is 11.1 Å². The second kappa shape index (κ2) is 9.22. The Morgan fingerprint density at radius 3 is 2.38 bits per heavy atom. The fraction of sp³-hybridized carbons (Fsp3) is 0.481. The fourth-order valence-corrected chi connectivity index (χ4v) is 5.65. The van der Waals surface area contributed by atoms with Crippen LogP contribution in [0.1, 0.15) is 86.3 Å². The molecule has 5 heteroatoms. The Bertz CT molecular complexity index is 1020. The van der Waals surface area contributed by atoms with E-state index in [0.29, 0.717) is 16.5 Å². The molecule has 0 saturated carbocycles. The van der Waals surface area contributed by atoms with Crippen LogP contribution < -0.4 is 11.1 Å². The molecule has 3 N–H and O–H groups in total. The molecule has 32 heavy (non-hydrogen) atoms. The SMILES string of the molecule is CCC(C)(C)C1CCc2c(sc(NC(=O)C=Cc3ccc(C(C)(C)C)cc3)c2C(N)=O)C1. The Morgan fingerprint density at radius 1 is 1.16 bits per heavy atom. The molecule has 1 aliphatic carbocycles. The van der Waals surface area contributed by atoms with Crippen molar-refractivity contribution in [3.05, 3.63) is 57.5 Å². The third-order valence-electron chi connectivity index (χ3n) is 6.97. The van der Waals surface area contributed by atoms with Crippen molar-refractivity contribution in [2.45, 2.75) is 72.6 Å². The molecule has 1 aliphatic rings. The highest BCUT2D eigenvalue weighted by Crippen LogP contribution is 2.45. The molecule has 0 fully saturated rings. The summed E-state index contributed by atoms with van der Waals surface area (Å²) in [6, 6.07) is 8.20. The zero-order valence-electron chi connectivity index (χ0n) is 20.2. The molecular formula is C27H36N2O2S. The van der Waals surface area contributed by atoms with E-state index >= 15 is 0 Å². The smallest absolute Gasteiger partial charge is 0.251 e. The summed E-state index contributed by atoms with van der Waals surface area (Å²) in [5.41, 5.74) is 9.79. The van der Waals surface area contributed by atoms with Crippen molar-refractivity contribution in [2.75, 3.05) is 5.32 Å². The molecule has 1 aromatic carbocycles. The highest BCUT2D eigenvalue weighted by molar-refractivity contribution is 7.17. The van der Waals surface area contributed by atoms with Crippen LogP contribution in [0.25, 0.3) is 6.08 Å².